The number of carbonyl (C=O) groups is 3. The number of β-amino-alcohol motifs (C(OH)–C–C–N with tert-alkyl or cyclic N) is 1. The first-order chi connectivity index (χ1) is 35.7. The lowest BCUT2D eigenvalue weighted by molar-refractivity contribution is -0.143. The Balaban J connectivity index is 0.882. The number of aliphatic hydroxyl groups excluding tert-OH is 1. The number of aryl methyl sites for hydroxylation is 1. The van der Waals surface area contributed by atoms with Crippen LogP contribution in [0.5, 0.6) is 5.75 Å². The molecule has 0 aliphatic carbocycles. The molecule has 0 unspecified atom stereocenters. The summed E-state index contributed by atoms with van der Waals surface area (Å²) in [5, 5.41) is 13.7. The van der Waals surface area contributed by atoms with E-state index in [0.29, 0.717) is 130 Å². The predicted molar refractivity (Wildman–Crippen MR) is 277 cm³/mol. The van der Waals surface area contributed by atoms with Gasteiger partial charge in [0.25, 0.3) is 5.91 Å². The second kappa shape index (κ2) is 35.4. The number of nitrogens with zero attached hydrogens (tertiary/aromatic N) is 3. The average Bonchev–Trinajstić information content (AvgIpc) is 4.10. The molecule has 3 atom stereocenters. The van der Waals surface area contributed by atoms with Gasteiger partial charge in [0.05, 0.1) is 135 Å². The topological polar surface area (TPSA) is 195 Å². The molecule has 3 heterocycles. The summed E-state index contributed by atoms with van der Waals surface area (Å²) in [5.41, 5.74) is 5.80. The van der Waals surface area contributed by atoms with Crippen LogP contribution >= 0.6 is 22.9 Å². The lowest BCUT2D eigenvalue weighted by Gasteiger charge is -2.35. The number of hydrogen-bond acceptors (Lipinski definition) is 16. The van der Waals surface area contributed by atoms with Gasteiger partial charge in [-0.15, -0.1) is 22.9 Å². The van der Waals surface area contributed by atoms with Gasteiger partial charge in [0.2, 0.25) is 11.8 Å². The summed E-state index contributed by atoms with van der Waals surface area (Å²) in [4.78, 5) is 49.9. The van der Waals surface area contributed by atoms with E-state index in [0.717, 1.165) is 65.4 Å². The summed E-state index contributed by atoms with van der Waals surface area (Å²) in [5.74, 6) is 0.117. The van der Waals surface area contributed by atoms with E-state index in [1.54, 1.807) is 16.5 Å². The minimum absolute atomic E-state index is 0.00128. The number of carbonyl (C=O) groups excluding carboxylic acids is 3. The van der Waals surface area contributed by atoms with E-state index in [9.17, 15) is 19.5 Å². The number of amides is 3. The molecule has 73 heavy (non-hydrogen) atoms. The number of rotatable bonds is 41. The van der Waals surface area contributed by atoms with Gasteiger partial charge in [-0.2, -0.15) is 0 Å². The van der Waals surface area contributed by atoms with E-state index in [2.05, 4.69) is 10.3 Å². The van der Waals surface area contributed by atoms with Gasteiger partial charge >= 0.3 is 0 Å². The van der Waals surface area contributed by atoms with Crippen LogP contribution in [-0.2, 0) is 65.3 Å². The Morgan fingerprint density at radius 3 is 1.79 bits per heavy atom. The van der Waals surface area contributed by atoms with Crippen LogP contribution in [0.3, 0.4) is 0 Å². The van der Waals surface area contributed by atoms with E-state index in [1.165, 1.54) is 16.2 Å². The Morgan fingerprint density at radius 2 is 1.27 bits per heavy atom. The normalized spacial score (nSPS) is 15.9. The highest BCUT2D eigenvalue weighted by atomic mass is 35.5. The number of hydrogen-bond donors (Lipinski definition) is 2. The number of thiazole rings is 1. The number of aromatic nitrogens is 1. The Kier molecular flexibility index (Phi) is 29.1. The molecule has 3 aromatic rings. The fourth-order valence-electron chi connectivity index (χ4n) is 8.34. The molecule has 0 saturated carbocycles. The van der Waals surface area contributed by atoms with Crippen molar-refractivity contribution in [2.45, 2.75) is 84.2 Å². The van der Waals surface area contributed by atoms with Crippen LogP contribution in [0.4, 0.5) is 0 Å². The zero-order chi connectivity index (χ0) is 51.9. The summed E-state index contributed by atoms with van der Waals surface area (Å²) >= 11 is 7.21. The number of aliphatic hydroxyl groups is 1. The number of alkyl halides is 1. The highest BCUT2D eigenvalue weighted by Gasteiger charge is 2.46. The van der Waals surface area contributed by atoms with Crippen molar-refractivity contribution in [3.8, 4) is 16.2 Å². The Hall–Kier alpha value is -3.83. The predicted octanol–water partition coefficient (Wildman–Crippen LogP) is 5.70. The molecule has 2 aliphatic heterocycles. The maximum Gasteiger partial charge on any atom is 0.255 e. The SMILES string of the molecule is Cc1ncsc1-c1ccc(CNC(=O)[C@@H]2C[C@@H](O)CN2C(=O)[C@H](C(C)C)N2Cc3ccccc3C2=O)c(OCCOCCOCCOCCOCCOCCOCCOCCOCCOCCCCCCCl)c1. The van der Waals surface area contributed by atoms with Crippen LogP contribution in [0.1, 0.15) is 73.1 Å². The van der Waals surface area contributed by atoms with Gasteiger partial charge in [-0.3, -0.25) is 14.4 Å². The summed E-state index contributed by atoms with van der Waals surface area (Å²) in [6.07, 6.45) is 3.65. The number of fused-ring (bicyclic) bond motifs is 1. The quantitative estimate of drug-likeness (QED) is 0.0518. The molecular formula is C53H79ClN4O14S. The number of likely N-dealkylation sites (tertiary alicyclic amines) is 1. The fraction of sp³-hybridized carbons (Fsp3) is 0.660. The molecule has 1 aromatic heterocycles. The first kappa shape index (κ1) is 60.0. The minimum atomic E-state index is -0.907. The molecule has 2 aromatic carbocycles. The first-order valence-electron chi connectivity index (χ1n) is 25.8. The van der Waals surface area contributed by atoms with Gasteiger partial charge < -0.3 is 67.6 Å². The van der Waals surface area contributed by atoms with Crippen molar-refractivity contribution in [2.75, 3.05) is 138 Å². The maximum absolute atomic E-state index is 14.2. The molecule has 2 N–H and O–H groups in total. The summed E-state index contributed by atoms with van der Waals surface area (Å²) in [6.45, 7) is 15.1. The van der Waals surface area contributed by atoms with Crippen molar-refractivity contribution in [3.63, 3.8) is 0 Å². The fourth-order valence-corrected chi connectivity index (χ4v) is 9.33. The molecule has 18 nitrogen and oxygen atoms in total. The van der Waals surface area contributed by atoms with Crippen LogP contribution in [-0.4, -0.2) is 194 Å². The number of nitrogens with one attached hydrogen (secondary N) is 1. The Labute approximate surface area is 440 Å². The second-order valence-corrected chi connectivity index (χ2v) is 19.2. The zero-order valence-electron chi connectivity index (χ0n) is 43.1. The molecular weight excluding hydrogens is 984 g/mol. The number of ether oxygens (including phenoxy) is 10. The molecule has 3 amide bonds. The van der Waals surface area contributed by atoms with Crippen molar-refractivity contribution >= 4 is 40.7 Å². The number of benzene rings is 2. The average molecular weight is 1060 g/mol. The molecule has 1 saturated heterocycles. The number of halogens is 1. The van der Waals surface area contributed by atoms with E-state index in [4.69, 9.17) is 59.0 Å². The Morgan fingerprint density at radius 1 is 0.740 bits per heavy atom. The van der Waals surface area contributed by atoms with Crippen molar-refractivity contribution in [1.82, 2.24) is 20.1 Å². The molecule has 0 bridgehead atoms. The molecule has 0 spiro atoms. The third-order valence-electron chi connectivity index (χ3n) is 12.1. The Bertz CT molecular complexity index is 2030. The minimum Gasteiger partial charge on any atom is -0.491 e. The van der Waals surface area contributed by atoms with Crippen molar-refractivity contribution < 1.29 is 66.9 Å². The van der Waals surface area contributed by atoms with Gasteiger partial charge in [-0.05, 0) is 48.9 Å². The monoisotopic (exact) mass is 1060 g/mol. The summed E-state index contributed by atoms with van der Waals surface area (Å²) < 4.78 is 56.5. The molecule has 1 fully saturated rings. The third kappa shape index (κ3) is 21.4. The van der Waals surface area contributed by atoms with Gasteiger partial charge in [-0.1, -0.05) is 57.0 Å². The number of unbranched alkanes of at least 4 members (excludes halogenated alkanes) is 3. The van der Waals surface area contributed by atoms with E-state index in [-0.39, 0.29) is 43.8 Å². The second-order valence-electron chi connectivity index (χ2n) is 17.9. The van der Waals surface area contributed by atoms with Crippen molar-refractivity contribution in [2.24, 2.45) is 5.92 Å². The molecule has 2 aliphatic rings. The van der Waals surface area contributed by atoms with Gasteiger partial charge in [0, 0.05) is 49.7 Å². The highest BCUT2D eigenvalue weighted by molar-refractivity contribution is 7.13. The van der Waals surface area contributed by atoms with Crippen molar-refractivity contribution in [1.29, 1.82) is 0 Å². The van der Waals surface area contributed by atoms with Crippen molar-refractivity contribution in [3.05, 3.63) is 70.4 Å². The van der Waals surface area contributed by atoms with Crippen LogP contribution < -0.4 is 10.1 Å². The van der Waals surface area contributed by atoms with Crippen LogP contribution in [0, 0.1) is 12.8 Å². The van der Waals surface area contributed by atoms with Crippen LogP contribution in [0.15, 0.2) is 48.0 Å². The molecule has 0 radical (unpaired) electrons. The standard InChI is InChI=1S/C53H79ClN4O14S/c1-40(2)49(58-37-44-10-6-7-11-46(44)52(58)61)53(62)57-38-45(59)35-47(57)51(60)55-36-43-13-12-42(50-41(3)56-39-73-50)34-48(43)72-33-32-71-31-30-70-29-28-69-27-26-68-25-24-67-23-22-66-21-20-65-19-18-64-17-16-63-15-9-5-4-8-14-54/h6-7,10-13,34,39-40,45,47,49,59H,4-5,8-9,14-33,35-38H2,1-3H3,(H,55,60)/t45-,47+,49+/m1/s1. The van der Waals surface area contributed by atoms with E-state index < -0.39 is 24.1 Å². The first-order valence-corrected chi connectivity index (χ1v) is 27.2. The third-order valence-corrected chi connectivity index (χ3v) is 13.3. The smallest absolute Gasteiger partial charge is 0.255 e. The lowest BCUT2D eigenvalue weighted by atomic mass is 10.0. The summed E-state index contributed by atoms with van der Waals surface area (Å²) in [6, 6.07) is 11.4. The molecule has 20 heteroatoms. The molecule has 5 rings (SSSR count). The van der Waals surface area contributed by atoms with Gasteiger partial charge in [0.15, 0.2) is 0 Å². The van der Waals surface area contributed by atoms with Gasteiger partial charge in [0.1, 0.15) is 24.4 Å². The molecule has 408 valence electrons. The van der Waals surface area contributed by atoms with Crippen LogP contribution in [0.2, 0.25) is 0 Å². The summed E-state index contributed by atoms with van der Waals surface area (Å²) in [7, 11) is 0. The lowest BCUT2D eigenvalue weighted by Crippen LogP contribution is -2.55. The van der Waals surface area contributed by atoms with E-state index >= 15 is 0 Å². The van der Waals surface area contributed by atoms with E-state index in [1.807, 2.05) is 57.2 Å². The van der Waals surface area contributed by atoms with Gasteiger partial charge in [-0.25, -0.2) is 4.98 Å². The maximum atomic E-state index is 14.2. The van der Waals surface area contributed by atoms with Crippen LogP contribution in [0.25, 0.3) is 10.4 Å². The largest absolute Gasteiger partial charge is 0.491 e. The zero-order valence-corrected chi connectivity index (χ0v) is 44.7. The highest BCUT2D eigenvalue weighted by Crippen LogP contribution is 2.33.